The Morgan fingerprint density at radius 3 is 2.18 bits per heavy atom. The molecule has 2 amide bonds. The van der Waals surface area contributed by atoms with Crippen LogP contribution in [0.3, 0.4) is 0 Å². The summed E-state index contributed by atoms with van der Waals surface area (Å²) >= 11 is 11.7. The lowest BCUT2D eigenvalue weighted by atomic mass is 9.86. The molecule has 1 aliphatic carbocycles. The Hall–Kier alpha value is -1.30. The normalized spacial score (nSPS) is 21.2. The Kier molecular flexibility index (Phi) is 6.06. The molecule has 0 radical (unpaired) electrons. The van der Waals surface area contributed by atoms with Crippen LogP contribution in [0.25, 0.3) is 0 Å². The van der Waals surface area contributed by atoms with E-state index in [1.807, 2.05) is 0 Å². The average molecular weight is 345 g/mol. The first-order chi connectivity index (χ1) is 10.5. The van der Waals surface area contributed by atoms with Crippen LogP contribution in [0.2, 0.25) is 10.0 Å². The number of rotatable bonds is 3. The zero-order valence-corrected chi connectivity index (χ0v) is 13.5. The molecule has 22 heavy (non-hydrogen) atoms. The Morgan fingerprint density at radius 2 is 1.64 bits per heavy atom. The van der Waals surface area contributed by atoms with E-state index in [1.54, 1.807) is 6.07 Å². The average Bonchev–Trinajstić information content (AvgIpc) is 2.46. The molecule has 1 fully saturated rings. The van der Waals surface area contributed by atoms with Gasteiger partial charge in [-0.25, -0.2) is 0 Å². The summed E-state index contributed by atoms with van der Waals surface area (Å²) in [4.78, 5) is 23.8. The zero-order chi connectivity index (χ0) is 16.1. The van der Waals surface area contributed by atoms with Gasteiger partial charge in [0, 0.05) is 28.4 Å². The Balaban J connectivity index is 1.86. The van der Waals surface area contributed by atoms with Crippen LogP contribution < -0.4 is 10.6 Å². The Labute approximate surface area is 139 Å². The molecule has 1 saturated carbocycles. The van der Waals surface area contributed by atoms with Crippen LogP contribution >= 0.6 is 23.2 Å². The summed E-state index contributed by atoms with van der Waals surface area (Å²) in [6.07, 6.45) is 3.25. The first-order valence-electron chi connectivity index (χ1n) is 7.16. The smallest absolute Gasteiger partial charge is 0.313 e. The highest BCUT2D eigenvalue weighted by atomic mass is 35.5. The molecular weight excluding hydrogens is 327 g/mol. The minimum Gasteiger partial charge on any atom is -0.396 e. The van der Waals surface area contributed by atoms with E-state index in [0.29, 0.717) is 21.7 Å². The standard InChI is InChI=1S/C15H18Cl2N2O3/c16-10-5-11(17)7-13(6-10)19-15(22)14(21)18-12-3-1-9(8-20)2-4-12/h5-7,9,12,20H,1-4,8H2,(H,18,21)(H,19,22). The minimum absolute atomic E-state index is 0.0241. The van der Waals surface area contributed by atoms with E-state index in [-0.39, 0.29) is 12.6 Å². The highest BCUT2D eigenvalue weighted by Crippen LogP contribution is 2.24. The molecule has 0 unspecified atom stereocenters. The molecule has 1 aliphatic rings. The second-order valence-corrected chi connectivity index (χ2v) is 6.36. The molecule has 1 aromatic carbocycles. The van der Waals surface area contributed by atoms with Crippen LogP contribution in [0.5, 0.6) is 0 Å². The summed E-state index contributed by atoms with van der Waals surface area (Å²) < 4.78 is 0. The van der Waals surface area contributed by atoms with Crippen LogP contribution in [0.15, 0.2) is 18.2 Å². The number of amides is 2. The van der Waals surface area contributed by atoms with E-state index in [4.69, 9.17) is 28.3 Å². The maximum Gasteiger partial charge on any atom is 0.313 e. The number of carbonyl (C=O) groups excluding carboxylic acids is 2. The van der Waals surface area contributed by atoms with Gasteiger partial charge in [-0.15, -0.1) is 0 Å². The van der Waals surface area contributed by atoms with Gasteiger partial charge in [0.25, 0.3) is 0 Å². The fraction of sp³-hybridized carbons (Fsp3) is 0.467. The highest BCUT2D eigenvalue weighted by Gasteiger charge is 2.24. The summed E-state index contributed by atoms with van der Waals surface area (Å²) in [5.74, 6) is -1.12. The number of carbonyl (C=O) groups is 2. The number of aliphatic hydroxyl groups is 1. The van der Waals surface area contributed by atoms with Crippen molar-refractivity contribution in [1.82, 2.24) is 5.32 Å². The summed E-state index contributed by atoms with van der Waals surface area (Å²) in [5.41, 5.74) is 0.377. The predicted molar refractivity (Wildman–Crippen MR) is 86.1 cm³/mol. The van der Waals surface area contributed by atoms with E-state index in [9.17, 15) is 9.59 Å². The molecule has 3 N–H and O–H groups in total. The van der Waals surface area contributed by atoms with Gasteiger partial charge in [0.1, 0.15) is 0 Å². The molecule has 7 heteroatoms. The molecule has 0 heterocycles. The number of nitrogens with one attached hydrogen (secondary N) is 2. The molecule has 5 nitrogen and oxygen atoms in total. The predicted octanol–water partition coefficient (Wildman–Crippen LogP) is 2.60. The van der Waals surface area contributed by atoms with Gasteiger partial charge in [-0.05, 0) is 49.8 Å². The molecular formula is C15H18Cl2N2O3. The van der Waals surface area contributed by atoms with Crippen molar-refractivity contribution in [1.29, 1.82) is 0 Å². The van der Waals surface area contributed by atoms with Gasteiger partial charge in [-0.2, -0.15) is 0 Å². The van der Waals surface area contributed by atoms with Gasteiger partial charge in [-0.3, -0.25) is 9.59 Å². The van der Waals surface area contributed by atoms with Crippen LogP contribution in [0, 0.1) is 5.92 Å². The second kappa shape index (κ2) is 7.81. The topological polar surface area (TPSA) is 78.4 Å². The van der Waals surface area contributed by atoms with Crippen LogP contribution in [0.1, 0.15) is 25.7 Å². The lowest BCUT2D eigenvalue weighted by Gasteiger charge is -2.27. The van der Waals surface area contributed by atoms with Crippen molar-refractivity contribution in [3.05, 3.63) is 28.2 Å². The monoisotopic (exact) mass is 344 g/mol. The Bertz CT molecular complexity index is 537. The zero-order valence-electron chi connectivity index (χ0n) is 11.9. The van der Waals surface area contributed by atoms with Crippen molar-refractivity contribution < 1.29 is 14.7 Å². The first-order valence-corrected chi connectivity index (χ1v) is 7.92. The molecule has 1 aromatic rings. The summed E-state index contributed by atoms with van der Waals surface area (Å²) in [6.45, 7) is 0.177. The number of anilines is 1. The molecule has 120 valence electrons. The largest absolute Gasteiger partial charge is 0.396 e. The fourth-order valence-electron chi connectivity index (χ4n) is 2.55. The first kappa shape index (κ1) is 17.1. The van der Waals surface area contributed by atoms with Crippen molar-refractivity contribution in [2.75, 3.05) is 11.9 Å². The van der Waals surface area contributed by atoms with Gasteiger partial charge in [-0.1, -0.05) is 23.2 Å². The molecule has 0 aliphatic heterocycles. The number of aliphatic hydroxyl groups excluding tert-OH is 1. The third kappa shape index (κ3) is 4.87. The molecule has 0 bridgehead atoms. The van der Waals surface area contributed by atoms with Crippen molar-refractivity contribution in [2.45, 2.75) is 31.7 Å². The maximum absolute atomic E-state index is 11.9. The van der Waals surface area contributed by atoms with Gasteiger partial charge >= 0.3 is 11.8 Å². The van der Waals surface area contributed by atoms with E-state index >= 15 is 0 Å². The SMILES string of the molecule is O=C(Nc1cc(Cl)cc(Cl)c1)C(=O)NC1CCC(CO)CC1. The number of hydrogen-bond donors (Lipinski definition) is 3. The van der Waals surface area contributed by atoms with E-state index < -0.39 is 11.8 Å². The van der Waals surface area contributed by atoms with Crippen LogP contribution in [-0.4, -0.2) is 29.6 Å². The van der Waals surface area contributed by atoms with Crippen molar-refractivity contribution >= 4 is 40.7 Å². The molecule has 0 aromatic heterocycles. The maximum atomic E-state index is 11.9. The third-order valence-electron chi connectivity index (χ3n) is 3.77. The van der Waals surface area contributed by atoms with Gasteiger partial charge < -0.3 is 15.7 Å². The molecule has 0 saturated heterocycles. The second-order valence-electron chi connectivity index (χ2n) is 5.49. The Morgan fingerprint density at radius 1 is 1.05 bits per heavy atom. The third-order valence-corrected chi connectivity index (χ3v) is 4.20. The lowest BCUT2D eigenvalue weighted by molar-refractivity contribution is -0.136. The van der Waals surface area contributed by atoms with E-state index in [0.717, 1.165) is 25.7 Å². The van der Waals surface area contributed by atoms with Gasteiger partial charge in [0.15, 0.2) is 0 Å². The number of benzene rings is 1. The van der Waals surface area contributed by atoms with Gasteiger partial charge in [0.2, 0.25) is 0 Å². The lowest BCUT2D eigenvalue weighted by Crippen LogP contribution is -2.43. The molecule has 0 atom stereocenters. The summed E-state index contributed by atoms with van der Waals surface area (Å²) in [6, 6.07) is 4.55. The van der Waals surface area contributed by atoms with Crippen molar-refractivity contribution in [3.8, 4) is 0 Å². The van der Waals surface area contributed by atoms with E-state index in [2.05, 4.69) is 10.6 Å². The number of hydrogen-bond acceptors (Lipinski definition) is 3. The van der Waals surface area contributed by atoms with Crippen LogP contribution in [0.4, 0.5) is 5.69 Å². The van der Waals surface area contributed by atoms with Gasteiger partial charge in [0.05, 0.1) is 0 Å². The quantitative estimate of drug-likeness (QED) is 0.737. The fourth-order valence-corrected chi connectivity index (χ4v) is 3.08. The molecule has 2 rings (SSSR count). The number of halogens is 2. The highest BCUT2D eigenvalue weighted by molar-refractivity contribution is 6.40. The summed E-state index contributed by atoms with van der Waals surface area (Å²) in [7, 11) is 0. The minimum atomic E-state index is -0.748. The van der Waals surface area contributed by atoms with Crippen molar-refractivity contribution in [2.24, 2.45) is 5.92 Å². The molecule has 0 spiro atoms. The van der Waals surface area contributed by atoms with Crippen LogP contribution in [-0.2, 0) is 9.59 Å². The van der Waals surface area contributed by atoms with Crippen molar-refractivity contribution in [3.63, 3.8) is 0 Å². The van der Waals surface area contributed by atoms with E-state index in [1.165, 1.54) is 12.1 Å². The summed E-state index contributed by atoms with van der Waals surface area (Å²) in [5, 5.41) is 15.0.